The Bertz CT molecular complexity index is 697. The van der Waals surface area contributed by atoms with Gasteiger partial charge in [0.25, 0.3) is 0 Å². The highest BCUT2D eigenvalue weighted by Crippen LogP contribution is 2.41. The van der Waals surface area contributed by atoms with E-state index in [2.05, 4.69) is 4.57 Å². The van der Waals surface area contributed by atoms with E-state index in [1.165, 1.54) is 12.8 Å². The predicted octanol–water partition coefficient (Wildman–Crippen LogP) is 2.65. The molecule has 2 fully saturated rings. The van der Waals surface area contributed by atoms with Crippen molar-refractivity contribution in [1.29, 1.82) is 0 Å². The number of nitrogens with zero attached hydrogens (tertiary/aromatic N) is 2. The molecule has 2 heterocycles. The van der Waals surface area contributed by atoms with Crippen LogP contribution < -0.4 is 0 Å². The number of carbonyl (C=O) groups is 1. The summed E-state index contributed by atoms with van der Waals surface area (Å²) in [5.41, 5.74) is 2.18. The van der Waals surface area contributed by atoms with Crippen LogP contribution in [0, 0.1) is 5.92 Å². The van der Waals surface area contributed by atoms with Gasteiger partial charge >= 0.3 is 5.97 Å². The molecule has 21 heavy (non-hydrogen) atoms. The minimum absolute atomic E-state index is 0.327. The molecule has 110 valence electrons. The smallest absolute Gasteiger partial charge is 0.335 e. The van der Waals surface area contributed by atoms with E-state index >= 15 is 0 Å². The van der Waals surface area contributed by atoms with Crippen LogP contribution in [0.15, 0.2) is 18.2 Å². The van der Waals surface area contributed by atoms with Crippen LogP contribution in [0.2, 0.25) is 0 Å². The fourth-order valence-corrected chi connectivity index (χ4v) is 3.10. The molecule has 1 aromatic heterocycles. The quantitative estimate of drug-likeness (QED) is 0.938. The third kappa shape index (κ3) is 2.31. The van der Waals surface area contributed by atoms with Gasteiger partial charge in [-0.3, -0.25) is 0 Å². The summed E-state index contributed by atoms with van der Waals surface area (Å²) in [5, 5.41) is 9.20. The molecular weight excluding hydrogens is 268 g/mol. The van der Waals surface area contributed by atoms with E-state index in [1.807, 2.05) is 6.07 Å². The number of hydrogen-bond donors (Lipinski definition) is 1. The Hall–Kier alpha value is -1.88. The summed E-state index contributed by atoms with van der Waals surface area (Å²) in [7, 11) is 0. The van der Waals surface area contributed by atoms with Crippen molar-refractivity contribution in [3.8, 4) is 0 Å². The number of ether oxygens (including phenoxy) is 1. The van der Waals surface area contributed by atoms with Crippen molar-refractivity contribution in [3.05, 3.63) is 29.6 Å². The lowest BCUT2D eigenvalue weighted by molar-refractivity contribution is 0.0697. The number of carboxylic acid groups (broad SMARTS) is 1. The third-order valence-corrected chi connectivity index (χ3v) is 4.43. The number of aromatic carboxylic acids is 1. The second kappa shape index (κ2) is 4.84. The summed E-state index contributed by atoms with van der Waals surface area (Å²) >= 11 is 0. The van der Waals surface area contributed by atoms with E-state index in [0.717, 1.165) is 43.0 Å². The van der Waals surface area contributed by atoms with Gasteiger partial charge < -0.3 is 14.4 Å². The van der Waals surface area contributed by atoms with Crippen LogP contribution >= 0.6 is 0 Å². The molecule has 1 N–H and O–H groups in total. The first-order valence-corrected chi connectivity index (χ1v) is 7.53. The first kappa shape index (κ1) is 12.8. The van der Waals surface area contributed by atoms with Gasteiger partial charge in [0.15, 0.2) is 0 Å². The van der Waals surface area contributed by atoms with Crippen LogP contribution in [0.3, 0.4) is 0 Å². The number of fused-ring (bicyclic) bond motifs is 1. The Balaban J connectivity index is 1.80. The molecule has 1 aliphatic carbocycles. The Morgan fingerprint density at radius 2 is 2.24 bits per heavy atom. The number of rotatable bonds is 4. The fourth-order valence-electron chi connectivity index (χ4n) is 3.10. The van der Waals surface area contributed by atoms with E-state index < -0.39 is 5.97 Å². The molecule has 1 saturated heterocycles. The standard InChI is InChI=1S/C16H18N2O3/c19-16(20)12-3-4-13-14(7-12)18(8-10-5-6-21-9-10)15(17-13)11-1-2-11/h3-4,7,10-11H,1-2,5-6,8-9H2,(H,19,20). The largest absolute Gasteiger partial charge is 0.478 e. The zero-order chi connectivity index (χ0) is 14.4. The predicted molar refractivity (Wildman–Crippen MR) is 77.6 cm³/mol. The molecule has 0 spiro atoms. The Kier molecular flexibility index (Phi) is 2.96. The Morgan fingerprint density at radius 1 is 1.38 bits per heavy atom. The highest BCUT2D eigenvalue weighted by Gasteiger charge is 2.31. The molecule has 1 saturated carbocycles. The van der Waals surface area contributed by atoms with Crippen molar-refractivity contribution in [2.75, 3.05) is 13.2 Å². The van der Waals surface area contributed by atoms with E-state index in [0.29, 0.717) is 17.4 Å². The summed E-state index contributed by atoms with van der Waals surface area (Å²) in [6.07, 6.45) is 3.45. The molecule has 2 aliphatic rings. The molecule has 1 unspecified atom stereocenters. The van der Waals surface area contributed by atoms with Crippen molar-refractivity contribution >= 4 is 17.0 Å². The average Bonchev–Trinajstić information content (AvgIpc) is 3.07. The molecule has 2 aromatic rings. The summed E-state index contributed by atoms with van der Waals surface area (Å²) in [5.74, 6) is 1.29. The first-order chi connectivity index (χ1) is 10.2. The van der Waals surface area contributed by atoms with E-state index in [-0.39, 0.29) is 0 Å². The van der Waals surface area contributed by atoms with Crippen molar-refractivity contribution in [1.82, 2.24) is 9.55 Å². The van der Waals surface area contributed by atoms with Crippen molar-refractivity contribution in [2.45, 2.75) is 31.7 Å². The maximum absolute atomic E-state index is 11.2. The van der Waals surface area contributed by atoms with Gasteiger partial charge in [0.1, 0.15) is 5.82 Å². The molecule has 5 nitrogen and oxygen atoms in total. The molecular formula is C16H18N2O3. The van der Waals surface area contributed by atoms with E-state index in [4.69, 9.17) is 9.72 Å². The van der Waals surface area contributed by atoms with Gasteiger partial charge in [-0.05, 0) is 37.5 Å². The van der Waals surface area contributed by atoms with Gasteiger partial charge in [-0.1, -0.05) is 0 Å². The topological polar surface area (TPSA) is 64.3 Å². The molecule has 0 bridgehead atoms. The van der Waals surface area contributed by atoms with Crippen LogP contribution in [-0.2, 0) is 11.3 Å². The van der Waals surface area contributed by atoms with Gasteiger partial charge in [-0.15, -0.1) is 0 Å². The van der Waals surface area contributed by atoms with Crippen LogP contribution in [0.25, 0.3) is 11.0 Å². The first-order valence-electron chi connectivity index (χ1n) is 7.53. The number of hydrogen-bond acceptors (Lipinski definition) is 3. The van der Waals surface area contributed by atoms with Crippen LogP contribution in [0.5, 0.6) is 0 Å². The summed E-state index contributed by atoms with van der Waals surface area (Å²) in [6.45, 7) is 2.50. The zero-order valence-electron chi connectivity index (χ0n) is 11.8. The van der Waals surface area contributed by atoms with Crippen molar-refractivity contribution in [3.63, 3.8) is 0 Å². The lowest BCUT2D eigenvalue weighted by Gasteiger charge is -2.13. The lowest BCUT2D eigenvalue weighted by atomic mass is 10.1. The average molecular weight is 286 g/mol. The molecule has 0 amide bonds. The second-order valence-electron chi connectivity index (χ2n) is 6.09. The highest BCUT2D eigenvalue weighted by molar-refractivity contribution is 5.92. The normalized spacial score (nSPS) is 22.0. The van der Waals surface area contributed by atoms with Crippen LogP contribution in [-0.4, -0.2) is 33.8 Å². The molecule has 1 atom stereocenters. The number of imidazole rings is 1. The number of carboxylic acids is 1. The fraction of sp³-hybridized carbons (Fsp3) is 0.500. The summed E-state index contributed by atoms with van der Waals surface area (Å²) < 4.78 is 7.70. The number of aromatic nitrogens is 2. The van der Waals surface area contributed by atoms with E-state index in [9.17, 15) is 9.90 Å². The maximum atomic E-state index is 11.2. The van der Waals surface area contributed by atoms with Crippen LogP contribution in [0.1, 0.15) is 41.4 Å². The zero-order valence-corrected chi connectivity index (χ0v) is 11.8. The molecule has 1 aliphatic heterocycles. The number of benzene rings is 1. The minimum Gasteiger partial charge on any atom is -0.478 e. The van der Waals surface area contributed by atoms with Gasteiger partial charge in [0.05, 0.1) is 23.2 Å². The SMILES string of the molecule is O=C(O)c1ccc2nc(C3CC3)n(CC3CCOC3)c2c1. The van der Waals surface area contributed by atoms with Crippen molar-refractivity contribution < 1.29 is 14.6 Å². The molecule has 4 rings (SSSR count). The van der Waals surface area contributed by atoms with Gasteiger partial charge in [-0.25, -0.2) is 9.78 Å². The minimum atomic E-state index is -0.887. The molecule has 1 aromatic carbocycles. The van der Waals surface area contributed by atoms with Gasteiger partial charge in [0.2, 0.25) is 0 Å². The van der Waals surface area contributed by atoms with Gasteiger partial charge in [-0.2, -0.15) is 0 Å². The maximum Gasteiger partial charge on any atom is 0.335 e. The summed E-state index contributed by atoms with van der Waals surface area (Å²) in [6, 6.07) is 5.22. The van der Waals surface area contributed by atoms with E-state index in [1.54, 1.807) is 12.1 Å². The Labute approximate surface area is 122 Å². The summed E-state index contributed by atoms with van der Waals surface area (Å²) in [4.78, 5) is 16.0. The van der Waals surface area contributed by atoms with Crippen LogP contribution in [0.4, 0.5) is 0 Å². The highest BCUT2D eigenvalue weighted by atomic mass is 16.5. The lowest BCUT2D eigenvalue weighted by Crippen LogP contribution is -2.13. The molecule has 0 radical (unpaired) electrons. The Morgan fingerprint density at radius 3 is 2.90 bits per heavy atom. The van der Waals surface area contributed by atoms with Gasteiger partial charge in [0, 0.05) is 25.0 Å². The van der Waals surface area contributed by atoms with Crippen molar-refractivity contribution in [2.24, 2.45) is 5.92 Å². The second-order valence-corrected chi connectivity index (χ2v) is 6.09. The molecule has 5 heteroatoms. The monoisotopic (exact) mass is 286 g/mol. The third-order valence-electron chi connectivity index (χ3n) is 4.43.